The Kier molecular flexibility index (Phi) is 5.86. The lowest BCUT2D eigenvalue weighted by Crippen LogP contribution is -2.35. The minimum absolute atomic E-state index is 0.237. The van der Waals surface area contributed by atoms with Gasteiger partial charge in [0.1, 0.15) is 0 Å². The standard InChI is InChI=1S/C13H11ClN4O/c14-11-7-5-10(6-8-11)3-1-2-4-12(19)18-13(16)17-9-15/h1-8H,(H3,16,17,18,19). The molecule has 0 aromatic heterocycles. The van der Waals surface area contributed by atoms with Crippen LogP contribution in [0.25, 0.3) is 6.08 Å². The number of aliphatic imine (C=N–C) groups is 1. The molecule has 1 aromatic rings. The van der Waals surface area contributed by atoms with Crippen molar-refractivity contribution in [1.29, 1.82) is 5.26 Å². The lowest BCUT2D eigenvalue weighted by Gasteiger charge is -1.96. The van der Waals surface area contributed by atoms with Crippen molar-refractivity contribution >= 4 is 29.5 Å². The van der Waals surface area contributed by atoms with Crippen LogP contribution in [0.2, 0.25) is 5.02 Å². The minimum Gasteiger partial charge on any atom is -0.369 e. The molecule has 19 heavy (non-hydrogen) atoms. The number of carbonyl (C=O) groups excluding carboxylic acids is 1. The van der Waals surface area contributed by atoms with Crippen LogP contribution >= 0.6 is 11.6 Å². The van der Waals surface area contributed by atoms with E-state index in [9.17, 15) is 4.79 Å². The Bertz CT molecular complexity index is 567. The first kappa shape index (κ1) is 14.5. The van der Waals surface area contributed by atoms with Crippen molar-refractivity contribution in [1.82, 2.24) is 5.32 Å². The smallest absolute Gasteiger partial charge is 0.250 e. The van der Waals surface area contributed by atoms with Crippen LogP contribution in [-0.4, -0.2) is 11.9 Å². The van der Waals surface area contributed by atoms with E-state index in [1.807, 2.05) is 18.2 Å². The van der Waals surface area contributed by atoms with Crippen LogP contribution in [0.1, 0.15) is 5.56 Å². The number of allylic oxidation sites excluding steroid dienone is 2. The van der Waals surface area contributed by atoms with E-state index in [2.05, 4.69) is 10.3 Å². The maximum absolute atomic E-state index is 11.3. The van der Waals surface area contributed by atoms with Crippen LogP contribution in [0.5, 0.6) is 0 Å². The SMILES string of the molecule is N#CN=C(N)NC(=O)C=CC=Cc1ccc(Cl)cc1. The van der Waals surface area contributed by atoms with Crippen molar-refractivity contribution in [3.8, 4) is 6.19 Å². The van der Waals surface area contributed by atoms with Gasteiger partial charge in [-0.2, -0.15) is 5.26 Å². The Labute approximate surface area is 115 Å². The summed E-state index contributed by atoms with van der Waals surface area (Å²) in [4.78, 5) is 14.4. The number of guanidine groups is 1. The van der Waals surface area contributed by atoms with Crippen molar-refractivity contribution in [2.24, 2.45) is 10.7 Å². The first-order chi connectivity index (χ1) is 9.11. The molecule has 1 amide bonds. The summed E-state index contributed by atoms with van der Waals surface area (Å²) in [5.74, 6) is -0.698. The maximum atomic E-state index is 11.3. The van der Waals surface area contributed by atoms with Crippen LogP contribution in [0.3, 0.4) is 0 Å². The van der Waals surface area contributed by atoms with Gasteiger partial charge >= 0.3 is 0 Å². The monoisotopic (exact) mass is 274 g/mol. The Balaban J connectivity index is 2.50. The lowest BCUT2D eigenvalue weighted by atomic mass is 10.2. The fourth-order valence-corrected chi connectivity index (χ4v) is 1.26. The lowest BCUT2D eigenvalue weighted by molar-refractivity contribution is -0.115. The van der Waals surface area contributed by atoms with Crippen LogP contribution < -0.4 is 11.1 Å². The van der Waals surface area contributed by atoms with Crippen molar-refractivity contribution in [3.63, 3.8) is 0 Å². The van der Waals surface area contributed by atoms with Crippen molar-refractivity contribution < 1.29 is 4.79 Å². The largest absolute Gasteiger partial charge is 0.369 e. The molecule has 0 aliphatic heterocycles. The van der Waals surface area contributed by atoms with Gasteiger partial charge in [0.15, 0.2) is 0 Å². The summed E-state index contributed by atoms with van der Waals surface area (Å²) in [6.07, 6.45) is 7.79. The van der Waals surface area contributed by atoms with Gasteiger partial charge in [-0.05, 0) is 17.7 Å². The second kappa shape index (κ2) is 7.69. The number of hydrogen-bond donors (Lipinski definition) is 2. The van der Waals surface area contributed by atoms with E-state index in [0.717, 1.165) is 5.56 Å². The Hall–Kier alpha value is -2.58. The van der Waals surface area contributed by atoms with Gasteiger partial charge < -0.3 is 5.73 Å². The molecule has 0 aliphatic rings. The molecule has 0 saturated carbocycles. The fraction of sp³-hybridized carbons (Fsp3) is 0. The molecule has 1 aromatic carbocycles. The highest BCUT2D eigenvalue weighted by Crippen LogP contribution is 2.10. The van der Waals surface area contributed by atoms with E-state index >= 15 is 0 Å². The number of nitrogens with one attached hydrogen (secondary N) is 1. The van der Waals surface area contributed by atoms with Gasteiger partial charge in [0.25, 0.3) is 5.91 Å². The minimum atomic E-state index is -0.461. The normalized spacial score (nSPS) is 11.7. The predicted octanol–water partition coefficient (Wildman–Crippen LogP) is 1.82. The van der Waals surface area contributed by atoms with Gasteiger partial charge in [-0.15, -0.1) is 4.99 Å². The molecule has 0 aliphatic carbocycles. The summed E-state index contributed by atoms with van der Waals surface area (Å²) in [5, 5.41) is 11.1. The topological polar surface area (TPSA) is 91.3 Å². The summed E-state index contributed by atoms with van der Waals surface area (Å²) < 4.78 is 0. The number of hydrogen-bond acceptors (Lipinski definition) is 3. The average molecular weight is 275 g/mol. The van der Waals surface area contributed by atoms with Crippen molar-refractivity contribution in [2.75, 3.05) is 0 Å². The van der Waals surface area contributed by atoms with E-state index in [1.165, 1.54) is 12.3 Å². The van der Waals surface area contributed by atoms with Gasteiger partial charge in [-0.1, -0.05) is 42.0 Å². The first-order valence-electron chi connectivity index (χ1n) is 5.25. The van der Waals surface area contributed by atoms with Crippen molar-refractivity contribution in [3.05, 3.63) is 53.1 Å². The molecule has 6 heteroatoms. The Morgan fingerprint density at radius 1 is 1.37 bits per heavy atom. The summed E-state index contributed by atoms with van der Waals surface area (Å²) in [7, 11) is 0. The predicted molar refractivity (Wildman–Crippen MR) is 75.0 cm³/mol. The number of nitrogens with two attached hydrogens (primary N) is 1. The average Bonchev–Trinajstić information content (AvgIpc) is 2.37. The zero-order valence-electron chi connectivity index (χ0n) is 9.88. The number of benzene rings is 1. The zero-order chi connectivity index (χ0) is 14.1. The van der Waals surface area contributed by atoms with Gasteiger partial charge in [0.2, 0.25) is 12.2 Å². The zero-order valence-corrected chi connectivity index (χ0v) is 10.6. The van der Waals surface area contributed by atoms with Crippen LogP contribution in [0.15, 0.2) is 47.5 Å². The number of nitrogens with zero attached hydrogens (tertiary/aromatic N) is 2. The molecule has 0 unspecified atom stereocenters. The molecule has 1 rings (SSSR count). The molecule has 5 nitrogen and oxygen atoms in total. The Morgan fingerprint density at radius 2 is 2.05 bits per heavy atom. The molecule has 3 N–H and O–H groups in total. The number of carbonyl (C=O) groups is 1. The molecule has 0 heterocycles. The third kappa shape index (κ3) is 6.05. The van der Waals surface area contributed by atoms with Crippen LogP contribution in [-0.2, 0) is 4.79 Å². The first-order valence-corrected chi connectivity index (χ1v) is 5.63. The quantitative estimate of drug-likeness (QED) is 0.290. The van der Waals surface area contributed by atoms with Gasteiger partial charge in [-0.3, -0.25) is 10.1 Å². The highest BCUT2D eigenvalue weighted by Gasteiger charge is 1.96. The molecule has 0 radical (unpaired) electrons. The Morgan fingerprint density at radius 3 is 2.68 bits per heavy atom. The van der Waals surface area contributed by atoms with E-state index in [0.29, 0.717) is 5.02 Å². The number of halogens is 1. The van der Waals surface area contributed by atoms with E-state index in [4.69, 9.17) is 22.6 Å². The maximum Gasteiger partial charge on any atom is 0.250 e. The molecule has 0 fully saturated rings. The highest BCUT2D eigenvalue weighted by molar-refractivity contribution is 6.30. The van der Waals surface area contributed by atoms with Gasteiger partial charge in [0, 0.05) is 11.1 Å². The van der Waals surface area contributed by atoms with Gasteiger partial charge in [-0.25, -0.2) is 0 Å². The second-order valence-electron chi connectivity index (χ2n) is 3.36. The van der Waals surface area contributed by atoms with Crippen LogP contribution in [0.4, 0.5) is 0 Å². The molecule has 0 atom stereocenters. The summed E-state index contributed by atoms with van der Waals surface area (Å²) in [5.41, 5.74) is 6.18. The molecule has 0 bridgehead atoms. The number of nitriles is 1. The third-order valence-corrected chi connectivity index (χ3v) is 2.19. The summed E-state index contributed by atoms with van der Waals surface area (Å²) >= 11 is 5.75. The van der Waals surface area contributed by atoms with Gasteiger partial charge in [0.05, 0.1) is 0 Å². The number of rotatable bonds is 3. The van der Waals surface area contributed by atoms with Crippen molar-refractivity contribution in [2.45, 2.75) is 0 Å². The molecule has 0 saturated heterocycles. The second-order valence-corrected chi connectivity index (χ2v) is 3.79. The van der Waals surface area contributed by atoms with E-state index < -0.39 is 5.91 Å². The molecular formula is C13H11ClN4O. The molecular weight excluding hydrogens is 264 g/mol. The number of amides is 1. The third-order valence-electron chi connectivity index (χ3n) is 1.94. The van der Waals surface area contributed by atoms with E-state index in [-0.39, 0.29) is 5.96 Å². The van der Waals surface area contributed by atoms with E-state index in [1.54, 1.807) is 24.3 Å². The van der Waals surface area contributed by atoms with Crippen LogP contribution in [0, 0.1) is 11.5 Å². The molecule has 0 spiro atoms. The molecule has 96 valence electrons. The highest BCUT2D eigenvalue weighted by atomic mass is 35.5. The summed E-state index contributed by atoms with van der Waals surface area (Å²) in [6, 6.07) is 7.25. The fourth-order valence-electron chi connectivity index (χ4n) is 1.13. The summed E-state index contributed by atoms with van der Waals surface area (Å²) in [6.45, 7) is 0.